The molecule has 0 spiro atoms. The van der Waals surface area contributed by atoms with Gasteiger partial charge in [0.05, 0.1) is 74.9 Å². The van der Waals surface area contributed by atoms with Crippen LogP contribution < -0.4 is 4.90 Å². The van der Waals surface area contributed by atoms with E-state index < -0.39 is 300 Å². The fourth-order valence-electron chi connectivity index (χ4n) is 5.67. The molecule has 0 atom stereocenters. The molecular weight excluding hydrogens is 669 g/mol. The van der Waals surface area contributed by atoms with E-state index in [1.807, 2.05) is 0 Å². The van der Waals surface area contributed by atoms with Gasteiger partial charge in [-0.05, 0) is 53.7 Å². The Bertz CT molecular complexity index is 4700. The van der Waals surface area contributed by atoms with Crippen LogP contribution in [0.1, 0.15) is 46.6 Å². The molecule has 8 aromatic carbocycles. The van der Waals surface area contributed by atoms with Crippen LogP contribution in [0.5, 0.6) is 0 Å². The molecule has 0 unspecified atom stereocenters. The van der Waals surface area contributed by atoms with Crippen LogP contribution in [0.4, 0.5) is 17.1 Å². The number of hydrogen-bond donors (Lipinski definition) is 0. The summed E-state index contributed by atoms with van der Waals surface area (Å²) >= 11 is 0. The van der Waals surface area contributed by atoms with Gasteiger partial charge in [0.15, 0.2) is 5.82 Å². The first kappa shape index (κ1) is 12.6. The summed E-state index contributed by atoms with van der Waals surface area (Å²) in [6.45, 7) is 0. The number of pyridine rings is 1. The smallest absolute Gasteiger partial charge is 0.160 e. The molecule has 0 aliphatic heterocycles. The fourth-order valence-corrected chi connectivity index (χ4v) is 5.67. The van der Waals surface area contributed by atoms with Gasteiger partial charge in [-0.1, -0.05) is 157 Å². The molecule has 10 aromatic rings. The minimum Gasteiger partial charge on any atom is -0.310 e. The van der Waals surface area contributed by atoms with E-state index in [-0.39, 0.29) is 0 Å². The zero-order valence-corrected chi connectivity index (χ0v) is 27.3. The van der Waals surface area contributed by atoms with Gasteiger partial charge in [-0.15, -0.1) is 0 Å². The van der Waals surface area contributed by atoms with Gasteiger partial charge in [-0.2, -0.15) is 0 Å². The van der Waals surface area contributed by atoms with Crippen LogP contribution in [-0.4, -0.2) is 15.0 Å². The number of anilines is 3. The van der Waals surface area contributed by atoms with E-state index in [0.717, 1.165) is 0 Å². The summed E-state index contributed by atoms with van der Waals surface area (Å²) in [6.07, 6.45) is 0. The van der Waals surface area contributed by atoms with Crippen molar-refractivity contribution in [1.29, 1.82) is 0 Å². The second kappa shape index (κ2) is 13.8. The van der Waals surface area contributed by atoms with Crippen molar-refractivity contribution in [1.82, 2.24) is 15.0 Å². The van der Waals surface area contributed by atoms with Gasteiger partial charge < -0.3 is 4.90 Å². The SMILES string of the molecule is [2H]c1c(-c2c([2H])c([2H])c([2H])c([2H])c2[2H])nc(-c2c([2H])c([2H])c([2H])c(-c3nc4c([2H])c([2H])c([2H])c([2H])c4c4c3c([2H])c([2H])c3c([2H])c([2H])c([2H])c(N(c5c([2H])c([2H])c([2H])c([2H])c5[2H])c5c([2H])c([2H])c([2H])c([2H])c5[2H])c34)c2[2H])nc1-c1c([2H])c([2H])c([2H])c([2H])c1[2H]. The lowest BCUT2D eigenvalue weighted by molar-refractivity contribution is 1.18. The first-order valence-electron chi connectivity index (χ1n) is 32.8. The summed E-state index contributed by atoms with van der Waals surface area (Å²) in [5.74, 6) is -1.05. The monoisotopic (exact) mass is 736 g/mol. The van der Waals surface area contributed by atoms with Crippen LogP contribution in [0.2, 0.25) is 0 Å². The zero-order valence-electron chi connectivity index (χ0n) is 61.3. The summed E-state index contributed by atoms with van der Waals surface area (Å²) in [5, 5.41) is -4.37. The second-order valence-corrected chi connectivity index (χ2v) is 11.1. The standard InChI is InChI=1S/C51H34N4/c1-5-17-35(18-6-1)45-34-46(36-19-7-2-8-20-36)54-51(53-45)39-23-15-22-38(33-39)50-43-32-31-37-21-16-30-47(48(37)49(43)42-28-13-14-29-44(42)52-50)55(40-24-9-3-10-25-40)41-26-11-4-12-27-41/h1-34H/i1D,2D,3D,4D,5D,6D,7D,8D,9D,10D,11D,12D,13D,14D,15D,16D,17D,18D,19D,20D,21D,22D,23D,24D,25D,26D,27D,28D,29D,30D,31D,32D,33D,34D. The van der Waals surface area contributed by atoms with Crippen molar-refractivity contribution in [3.63, 3.8) is 0 Å². The number of benzene rings is 8. The van der Waals surface area contributed by atoms with Gasteiger partial charge in [-0.25, -0.2) is 15.0 Å². The lowest BCUT2D eigenvalue weighted by Gasteiger charge is -2.27. The Morgan fingerprint density at radius 3 is 1.58 bits per heavy atom. The van der Waals surface area contributed by atoms with Gasteiger partial charge in [0.1, 0.15) is 0 Å². The highest BCUT2D eigenvalue weighted by atomic mass is 15.1. The van der Waals surface area contributed by atoms with Gasteiger partial charge in [-0.3, -0.25) is 0 Å². The van der Waals surface area contributed by atoms with Gasteiger partial charge in [0, 0.05) is 55.2 Å². The van der Waals surface area contributed by atoms with Gasteiger partial charge in [0.2, 0.25) is 0 Å². The van der Waals surface area contributed by atoms with Crippen molar-refractivity contribution in [3.8, 4) is 45.2 Å². The largest absolute Gasteiger partial charge is 0.310 e. The van der Waals surface area contributed by atoms with Gasteiger partial charge in [0.25, 0.3) is 0 Å². The van der Waals surface area contributed by atoms with Crippen LogP contribution in [0.25, 0.3) is 77.6 Å². The van der Waals surface area contributed by atoms with E-state index in [0.29, 0.717) is 4.90 Å². The molecule has 0 amide bonds. The third-order valence-corrected chi connectivity index (χ3v) is 7.92. The van der Waals surface area contributed by atoms with Crippen LogP contribution in [0, 0.1) is 0 Å². The van der Waals surface area contributed by atoms with Crippen LogP contribution in [0.15, 0.2) is 205 Å². The summed E-state index contributed by atoms with van der Waals surface area (Å²) in [6, 6.07) is -36.9. The number of nitrogens with zero attached hydrogens (tertiary/aromatic N) is 4. The minimum atomic E-state index is -1.25. The minimum absolute atomic E-state index is 0.386. The highest BCUT2D eigenvalue weighted by Gasteiger charge is 2.20. The maximum absolute atomic E-state index is 10.0. The van der Waals surface area contributed by atoms with Crippen molar-refractivity contribution in [2.24, 2.45) is 0 Å². The Kier molecular flexibility index (Phi) is 3.17. The molecule has 4 nitrogen and oxygen atoms in total. The van der Waals surface area contributed by atoms with Crippen molar-refractivity contribution >= 4 is 49.5 Å². The lowest BCUT2D eigenvalue weighted by atomic mass is 9.93. The van der Waals surface area contributed by atoms with Crippen molar-refractivity contribution < 1.29 is 46.6 Å². The topological polar surface area (TPSA) is 41.9 Å². The Morgan fingerprint density at radius 2 is 0.927 bits per heavy atom. The molecular formula is C51H34N4. The summed E-state index contributed by atoms with van der Waals surface area (Å²) in [7, 11) is 0. The molecule has 55 heavy (non-hydrogen) atoms. The van der Waals surface area contributed by atoms with Gasteiger partial charge >= 0.3 is 0 Å². The second-order valence-electron chi connectivity index (χ2n) is 11.1. The first-order valence-corrected chi connectivity index (χ1v) is 15.8. The molecule has 258 valence electrons. The molecule has 0 bridgehead atoms. The molecule has 2 heterocycles. The zero-order chi connectivity index (χ0) is 66.1. The lowest BCUT2D eigenvalue weighted by Crippen LogP contribution is -2.10. The average molecular weight is 737 g/mol. The average Bonchev–Trinajstić information content (AvgIpc) is 0.693. The molecule has 0 fully saturated rings. The van der Waals surface area contributed by atoms with E-state index in [2.05, 4.69) is 15.0 Å². The molecule has 10 rings (SSSR count). The van der Waals surface area contributed by atoms with Crippen LogP contribution in [-0.2, 0) is 0 Å². The summed E-state index contributed by atoms with van der Waals surface area (Å²) < 4.78 is 306. The number of para-hydroxylation sites is 3. The molecule has 0 saturated carbocycles. The molecule has 0 aliphatic rings. The number of hydrogen-bond acceptors (Lipinski definition) is 4. The van der Waals surface area contributed by atoms with E-state index in [1.54, 1.807) is 0 Å². The third kappa shape index (κ3) is 5.96. The quantitative estimate of drug-likeness (QED) is 0.153. The van der Waals surface area contributed by atoms with Crippen molar-refractivity contribution in [3.05, 3.63) is 205 Å². The normalized spacial score (nSPS) is 19.9. The summed E-state index contributed by atoms with van der Waals surface area (Å²) in [5.41, 5.74) is -10.8. The maximum Gasteiger partial charge on any atom is 0.160 e. The maximum atomic E-state index is 10.0. The Balaban J connectivity index is 1.49. The Labute approximate surface area is 367 Å². The highest BCUT2D eigenvalue weighted by Crippen LogP contribution is 2.45. The fraction of sp³-hybridized carbons (Fsp3) is 0. The molecule has 0 saturated heterocycles. The molecule has 0 aliphatic carbocycles. The first-order chi connectivity index (χ1) is 41.4. The van der Waals surface area contributed by atoms with Crippen LogP contribution in [0.3, 0.4) is 0 Å². The highest BCUT2D eigenvalue weighted by molar-refractivity contribution is 6.26. The summed E-state index contributed by atoms with van der Waals surface area (Å²) in [4.78, 5) is 13.5. The van der Waals surface area contributed by atoms with E-state index in [9.17, 15) is 21.9 Å². The van der Waals surface area contributed by atoms with E-state index in [4.69, 9.17) is 24.7 Å². The predicted octanol–water partition coefficient (Wildman–Crippen LogP) is 13.5. The predicted molar refractivity (Wildman–Crippen MR) is 229 cm³/mol. The third-order valence-electron chi connectivity index (χ3n) is 7.92. The molecule has 2 aromatic heterocycles. The molecule has 4 heteroatoms. The number of fused-ring (bicyclic) bond motifs is 5. The number of rotatable bonds is 7. The Hall–Kier alpha value is -7.43. The van der Waals surface area contributed by atoms with Crippen molar-refractivity contribution in [2.75, 3.05) is 4.90 Å². The molecule has 0 N–H and O–H groups in total. The van der Waals surface area contributed by atoms with Crippen molar-refractivity contribution in [2.45, 2.75) is 0 Å². The number of aromatic nitrogens is 3. The molecule has 0 radical (unpaired) electrons. The van der Waals surface area contributed by atoms with E-state index >= 15 is 0 Å². The Morgan fingerprint density at radius 1 is 0.382 bits per heavy atom. The van der Waals surface area contributed by atoms with E-state index in [1.165, 1.54) is 0 Å². The van der Waals surface area contributed by atoms with Crippen LogP contribution >= 0.6 is 0 Å².